The van der Waals surface area contributed by atoms with Crippen LogP contribution >= 0.6 is 11.6 Å². The third kappa shape index (κ3) is 5.53. The fourth-order valence-corrected chi connectivity index (χ4v) is 4.70. The van der Waals surface area contributed by atoms with Crippen molar-refractivity contribution in [3.05, 3.63) is 99.6 Å². The standard InChI is InChI=1S/C29H29ClN2O3/c1-3-32(4-2)17-20-8-10-22(11-9-20)26(18-35-19-33)24-6-5-7-27-28(24)29(34)25(16-31-27)21-12-14-23(30)15-13-21/h5-16,19,25-26H,3-4,17-18H2,1-2H3. The van der Waals surface area contributed by atoms with E-state index >= 15 is 0 Å². The number of fused-ring (bicyclic) bond motifs is 1. The second-order valence-corrected chi connectivity index (χ2v) is 9.03. The van der Waals surface area contributed by atoms with Gasteiger partial charge in [-0.3, -0.25) is 19.5 Å². The minimum absolute atomic E-state index is 0.0258. The molecule has 0 saturated carbocycles. The Bertz CT molecular complexity index is 1200. The van der Waals surface area contributed by atoms with Crippen LogP contribution in [0.2, 0.25) is 5.02 Å². The van der Waals surface area contributed by atoms with E-state index in [1.54, 1.807) is 18.3 Å². The minimum Gasteiger partial charge on any atom is -0.467 e. The number of hydrogen-bond donors (Lipinski definition) is 0. The maximum Gasteiger partial charge on any atom is 0.293 e. The molecule has 6 heteroatoms. The van der Waals surface area contributed by atoms with Crippen LogP contribution in [0.5, 0.6) is 0 Å². The molecule has 1 aliphatic heterocycles. The quantitative estimate of drug-likeness (QED) is 0.320. The molecule has 1 heterocycles. The molecule has 0 spiro atoms. The van der Waals surface area contributed by atoms with Crippen molar-refractivity contribution in [2.45, 2.75) is 32.2 Å². The molecule has 3 aromatic rings. The highest BCUT2D eigenvalue weighted by Gasteiger charge is 2.31. The monoisotopic (exact) mass is 488 g/mol. The van der Waals surface area contributed by atoms with E-state index in [-0.39, 0.29) is 18.3 Å². The van der Waals surface area contributed by atoms with Crippen LogP contribution in [0.4, 0.5) is 5.69 Å². The lowest BCUT2D eigenvalue weighted by Crippen LogP contribution is -2.22. The van der Waals surface area contributed by atoms with Gasteiger partial charge < -0.3 is 4.74 Å². The van der Waals surface area contributed by atoms with Gasteiger partial charge in [0.1, 0.15) is 6.61 Å². The van der Waals surface area contributed by atoms with E-state index in [0.717, 1.165) is 36.3 Å². The minimum atomic E-state index is -0.495. The summed E-state index contributed by atoms with van der Waals surface area (Å²) in [4.78, 5) is 31.8. The fourth-order valence-electron chi connectivity index (χ4n) is 4.57. The average molecular weight is 489 g/mol. The van der Waals surface area contributed by atoms with Crippen LogP contribution in [0.15, 0.2) is 71.7 Å². The third-order valence-electron chi connectivity index (χ3n) is 6.58. The molecule has 180 valence electrons. The zero-order valence-electron chi connectivity index (χ0n) is 20.0. The predicted octanol–water partition coefficient (Wildman–Crippen LogP) is 6.17. The van der Waals surface area contributed by atoms with Crippen molar-refractivity contribution in [3.8, 4) is 0 Å². The molecule has 0 amide bonds. The molecule has 5 nitrogen and oxygen atoms in total. The summed E-state index contributed by atoms with van der Waals surface area (Å²) >= 11 is 6.04. The average Bonchev–Trinajstić information content (AvgIpc) is 2.89. The van der Waals surface area contributed by atoms with E-state index in [9.17, 15) is 9.59 Å². The van der Waals surface area contributed by atoms with Crippen molar-refractivity contribution in [2.24, 2.45) is 4.99 Å². The summed E-state index contributed by atoms with van der Waals surface area (Å²) in [5.74, 6) is -0.812. The Morgan fingerprint density at radius 1 is 1.03 bits per heavy atom. The molecule has 0 N–H and O–H groups in total. The molecule has 0 fully saturated rings. The molecule has 1 aliphatic rings. The van der Waals surface area contributed by atoms with E-state index in [0.29, 0.717) is 22.7 Å². The number of ketones is 1. The van der Waals surface area contributed by atoms with Crippen LogP contribution < -0.4 is 0 Å². The molecule has 0 saturated heterocycles. The Balaban J connectivity index is 1.70. The molecular weight excluding hydrogens is 460 g/mol. The number of nitrogens with zero attached hydrogens (tertiary/aromatic N) is 2. The maximum atomic E-state index is 13.7. The number of Topliss-reactive ketones (excluding diaryl/α,β-unsaturated/α-hetero) is 1. The molecule has 2 atom stereocenters. The first-order valence-electron chi connectivity index (χ1n) is 11.9. The van der Waals surface area contributed by atoms with Crippen LogP contribution in [0.1, 0.15) is 58.3 Å². The number of carbonyl (C=O) groups excluding carboxylic acids is 2. The van der Waals surface area contributed by atoms with E-state index in [2.05, 4.69) is 48.0 Å². The van der Waals surface area contributed by atoms with Crippen molar-refractivity contribution >= 4 is 35.8 Å². The van der Waals surface area contributed by atoms with Crippen molar-refractivity contribution in [2.75, 3.05) is 19.7 Å². The first-order chi connectivity index (χ1) is 17.0. The zero-order valence-corrected chi connectivity index (χ0v) is 20.7. The lowest BCUT2D eigenvalue weighted by atomic mass is 9.81. The molecule has 3 aromatic carbocycles. The number of benzene rings is 3. The number of hydrogen-bond acceptors (Lipinski definition) is 5. The highest BCUT2D eigenvalue weighted by atomic mass is 35.5. The molecule has 0 aliphatic carbocycles. The summed E-state index contributed by atoms with van der Waals surface area (Å²) in [6, 6.07) is 21.3. The van der Waals surface area contributed by atoms with E-state index in [1.807, 2.05) is 30.3 Å². The number of aliphatic imine (C=N–C) groups is 1. The van der Waals surface area contributed by atoms with Crippen molar-refractivity contribution < 1.29 is 14.3 Å². The Morgan fingerprint density at radius 3 is 2.40 bits per heavy atom. The number of carbonyl (C=O) groups is 2. The van der Waals surface area contributed by atoms with Gasteiger partial charge in [0.25, 0.3) is 6.47 Å². The van der Waals surface area contributed by atoms with Gasteiger partial charge in [0.15, 0.2) is 5.78 Å². The third-order valence-corrected chi connectivity index (χ3v) is 6.84. The van der Waals surface area contributed by atoms with Gasteiger partial charge in [-0.1, -0.05) is 74.0 Å². The summed E-state index contributed by atoms with van der Waals surface area (Å²) in [5.41, 5.74) is 5.04. The normalized spacial score (nSPS) is 15.7. The van der Waals surface area contributed by atoms with Crippen LogP contribution in [-0.2, 0) is 16.1 Å². The van der Waals surface area contributed by atoms with E-state index in [1.165, 1.54) is 5.56 Å². The molecular formula is C29H29ClN2O3. The first kappa shape index (κ1) is 24.8. The molecule has 35 heavy (non-hydrogen) atoms. The number of halogens is 1. The second kappa shape index (κ2) is 11.4. The summed E-state index contributed by atoms with van der Waals surface area (Å²) in [7, 11) is 0. The van der Waals surface area contributed by atoms with Crippen LogP contribution in [0.3, 0.4) is 0 Å². The van der Waals surface area contributed by atoms with Crippen LogP contribution in [-0.4, -0.2) is 43.1 Å². The van der Waals surface area contributed by atoms with Gasteiger partial charge in [0.2, 0.25) is 0 Å². The Kier molecular flexibility index (Phi) is 8.11. The van der Waals surface area contributed by atoms with Crippen molar-refractivity contribution in [3.63, 3.8) is 0 Å². The van der Waals surface area contributed by atoms with Gasteiger partial charge >= 0.3 is 0 Å². The van der Waals surface area contributed by atoms with E-state index < -0.39 is 5.92 Å². The highest BCUT2D eigenvalue weighted by molar-refractivity contribution is 6.30. The lowest BCUT2D eigenvalue weighted by Gasteiger charge is -2.25. The van der Waals surface area contributed by atoms with Crippen LogP contribution in [0.25, 0.3) is 0 Å². The fraction of sp³-hybridized carbons (Fsp3) is 0.276. The Morgan fingerprint density at radius 2 is 1.74 bits per heavy atom. The van der Waals surface area contributed by atoms with Gasteiger partial charge in [-0.15, -0.1) is 0 Å². The van der Waals surface area contributed by atoms with Gasteiger partial charge in [-0.05, 0) is 53.5 Å². The van der Waals surface area contributed by atoms with Gasteiger partial charge in [-0.25, -0.2) is 0 Å². The summed E-state index contributed by atoms with van der Waals surface area (Å²) in [6.45, 7) is 7.74. The molecule has 0 radical (unpaired) electrons. The predicted molar refractivity (Wildman–Crippen MR) is 140 cm³/mol. The Hall–Kier alpha value is -3.28. The molecule has 2 unspecified atom stereocenters. The van der Waals surface area contributed by atoms with Gasteiger partial charge in [-0.2, -0.15) is 0 Å². The Labute approximate surface area is 211 Å². The van der Waals surface area contributed by atoms with Gasteiger partial charge in [0, 0.05) is 29.3 Å². The highest BCUT2D eigenvalue weighted by Crippen LogP contribution is 2.38. The second-order valence-electron chi connectivity index (χ2n) is 8.60. The van der Waals surface area contributed by atoms with Crippen molar-refractivity contribution in [1.82, 2.24) is 4.90 Å². The largest absolute Gasteiger partial charge is 0.467 e. The first-order valence-corrected chi connectivity index (χ1v) is 12.3. The summed E-state index contributed by atoms with van der Waals surface area (Å²) in [5, 5.41) is 0.616. The summed E-state index contributed by atoms with van der Waals surface area (Å²) < 4.78 is 5.23. The van der Waals surface area contributed by atoms with Crippen LogP contribution in [0, 0.1) is 0 Å². The van der Waals surface area contributed by atoms with Crippen molar-refractivity contribution in [1.29, 1.82) is 0 Å². The molecule has 0 aromatic heterocycles. The number of ether oxygens (including phenoxy) is 1. The molecule has 0 bridgehead atoms. The zero-order chi connectivity index (χ0) is 24.8. The lowest BCUT2D eigenvalue weighted by molar-refractivity contribution is -0.128. The maximum absolute atomic E-state index is 13.7. The number of rotatable bonds is 10. The topological polar surface area (TPSA) is 59.0 Å². The smallest absolute Gasteiger partial charge is 0.293 e. The van der Waals surface area contributed by atoms with Gasteiger partial charge in [0.05, 0.1) is 11.6 Å². The SMILES string of the molecule is CCN(CC)Cc1ccc(C(COC=O)c2cccc3c2C(=O)C(c2ccc(Cl)cc2)C=N3)cc1. The summed E-state index contributed by atoms with van der Waals surface area (Å²) in [6.07, 6.45) is 1.69. The molecule has 4 rings (SSSR count). The van der Waals surface area contributed by atoms with E-state index in [4.69, 9.17) is 16.3 Å².